The Kier molecular flexibility index (Phi) is 1.86. The van der Waals surface area contributed by atoms with Gasteiger partial charge in [-0.2, -0.15) is 0 Å². The highest BCUT2D eigenvalue weighted by molar-refractivity contribution is 6.57. The first-order chi connectivity index (χ1) is 5.77. The molecule has 1 aromatic heterocycles. The lowest BCUT2D eigenvalue weighted by atomic mass is 9.85. The number of rotatable bonds is 2. The summed E-state index contributed by atoms with van der Waals surface area (Å²) in [7, 11) is -1.44. The molecule has 0 unspecified atom stereocenters. The highest BCUT2D eigenvalue weighted by Gasteiger charge is 2.25. The number of aromatic nitrogens is 1. The number of nitrogens with zero attached hydrogens (tertiary/aromatic N) is 1. The fraction of sp³-hybridized carbons (Fsp3) is 0.375. The van der Waals surface area contributed by atoms with E-state index < -0.39 is 7.12 Å². The van der Waals surface area contributed by atoms with Crippen LogP contribution in [0.4, 0.5) is 0 Å². The average Bonchev–Trinajstić information content (AvgIpc) is 2.87. The number of hydrogen-bond acceptors (Lipinski definition) is 3. The normalized spacial score (nSPS) is 16.2. The third-order valence-electron chi connectivity index (χ3n) is 2.05. The van der Waals surface area contributed by atoms with E-state index >= 15 is 0 Å². The van der Waals surface area contributed by atoms with Crippen LogP contribution in [-0.4, -0.2) is 22.2 Å². The average molecular weight is 163 g/mol. The smallest absolute Gasteiger partial charge is 0.422 e. The summed E-state index contributed by atoms with van der Waals surface area (Å²) < 4.78 is 0. The summed E-state index contributed by atoms with van der Waals surface area (Å²) >= 11 is 0. The maximum Gasteiger partial charge on any atom is 0.508 e. The SMILES string of the molecule is OB(O)c1cccc(C2CC2)n1. The molecular weight excluding hydrogens is 153 g/mol. The van der Waals surface area contributed by atoms with E-state index in [-0.39, 0.29) is 0 Å². The van der Waals surface area contributed by atoms with Crippen molar-refractivity contribution in [2.45, 2.75) is 18.8 Å². The van der Waals surface area contributed by atoms with Crippen LogP contribution in [0.25, 0.3) is 0 Å². The van der Waals surface area contributed by atoms with Crippen molar-refractivity contribution >= 4 is 12.7 Å². The molecule has 1 aromatic rings. The van der Waals surface area contributed by atoms with Crippen LogP contribution in [0.15, 0.2) is 18.2 Å². The molecule has 1 aliphatic rings. The van der Waals surface area contributed by atoms with E-state index in [1.807, 2.05) is 12.1 Å². The third-order valence-corrected chi connectivity index (χ3v) is 2.05. The largest absolute Gasteiger partial charge is 0.508 e. The number of pyridine rings is 1. The molecule has 0 aromatic carbocycles. The molecule has 0 saturated heterocycles. The highest BCUT2D eigenvalue weighted by atomic mass is 16.4. The predicted molar refractivity (Wildman–Crippen MR) is 46.0 cm³/mol. The van der Waals surface area contributed by atoms with Crippen LogP contribution in [-0.2, 0) is 0 Å². The van der Waals surface area contributed by atoms with Gasteiger partial charge in [-0.05, 0) is 25.0 Å². The van der Waals surface area contributed by atoms with E-state index in [2.05, 4.69) is 4.98 Å². The first kappa shape index (κ1) is 7.77. The van der Waals surface area contributed by atoms with Gasteiger partial charge in [-0.15, -0.1) is 0 Å². The quantitative estimate of drug-likeness (QED) is 0.585. The minimum Gasteiger partial charge on any atom is -0.422 e. The van der Waals surface area contributed by atoms with Gasteiger partial charge in [0.2, 0.25) is 0 Å². The molecule has 2 rings (SSSR count). The Morgan fingerprint density at radius 2 is 2.08 bits per heavy atom. The van der Waals surface area contributed by atoms with Crippen molar-refractivity contribution in [3.05, 3.63) is 23.9 Å². The standard InChI is InChI=1S/C8H10BNO2/c11-9(12)8-3-1-2-7(10-8)6-4-5-6/h1-3,6,11-12H,4-5H2. The summed E-state index contributed by atoms with van der Waals surface area (Å²) in [4.78, 5) is 4.13. The molecule has 4 heteroatoms. The van der Waals surface area contributed by atoms with E-state index in [0.29, 0.717) is 11.5 Å². The Morgan fingerprint density at radius 1 is 1.33 bits per heavy atom. The molecule has 1 fully saturated rings. The Bertz CT molecular complexity index is 269. The van der Waals surface area contributed by atoms with Gasteiger partial charge >= 0.3 is 7.12 Å². The van der Waals surface area contributed by atoms with Gasteiger partial charge in [0.1, 0.15) is 0 Å². The van der Waals surface area contributed by atoms with Crippen LogP contribution in [0.2, 0.25) is 0 Å². The second-order valence-electron chi connectivity index (χ2n) is 3.14. The fourth-order valence-electron chi connectivity index (χ4n) is 1.22. The second kappa shape index (κ2) is 2.88. The Morgan fingerprint density at radius 3 is 2.67 bits per heavy atom. The van der Waals surface area contributed by atoms with Crippen LogP contribution >= 0.6 is 0 Å². The summed E-state index contributed by atoms with van der Waals surface area (Å²) in [6.07, 6.45) is 2.36. The van der Waals surface area contributed by atoms with E-state index in [0.717, 1.165) is 5.69 Å². The lowest BCUT2D eigenvalue weighted by Crippen LogP contribution is -2.33. The van der Waals surface area contributed by atoms with Crippen LogP contribution in [0.1, 0.15) is 24.5 Å². The molecule has 62 valence electrons. The van der Waals surface area contributed by atoms with E-state index in [1.54, 1.807) is 6.07 Å². The van der Waals surface area contributed by atoms with Gasteiger partial charge in [0.15, 0.2) is 0 Å². The Balaban J connectivity index is 2.26. The monoisotopic (exact) mass is 163 g/mol. The van der Waals surface area contributed by atoms with E-state index in [9.17, 15) is 0 Å². The van der Waals surface area contributed by atoms with Crippen LogP contribution in [0, 0.1) is 0 Å². The van der Waals surface area contributed by atoms with Gasteiger partial charge in [0.05, 0.1) is 5.59 Å². The van der Waals surface area contributed by atoms with Gasteiger partial charge in [0.25, 0.3) is 0 Å². The molecule has 0 aliphatic heterocycles. The molecule has 0 amide bonds. The summed E-state index contributed by atoms with van der Waals surface area (Å²) in [5, 5.41) is 17.7. The Labute approximate surface area is 71.2 Å². The molecule has 0 radical (unpaired) electrons. The zero-order valence-corrected chi connectivity index (χ0v) is 6.64. The molecule has 0 spiro atoms. The molecule has 1 aliphatic carbocycles. The van der Waals surface area contributed by atoms with Gasteiger partial charge in [-0.3, -0.25) is 4.98 Å². The van der Waals surface area contributed by atoms with E-state index in [4.69, 9.17) is 10.0 Å². The minimum absolute atomic E-state index is 0.347. The zero-order valence-electron chi connectivity index (χ0n) is 6.64. The third kappa shape index (κ3) is 1.49. The first-order valence-electron chi connectivity index (χ1n) is 4.10. The van der Waals surface area contributed by atoms with Crippen molar-refractivity contribution < 1.29 is 10.0 Å². The van der Waals surface area contributed by atoms with E-state index in [1.165, 1.54) is 12.8 Å². The van der Waals surface area contributed by atoms with Gasteiger partial charge < -0.3 is 10.0 Å². The topological polar surface area (TPSA) is 53.4 Å². The van der Waals surface area contributed by atoms with Crippen molar-refractivity contribution in [2.75, 3.05) is 0 Å². The summed E-state index contributed by atoms with van der Waals surface area (Å²) in [5.41, 5.74) is 1.33. The summed E-state index contributed by atoms with van der Waals surface area (Å²) in [5.74, 6) is 0.559. The minimum atomic E-state index is -1.44. The molecule has 2 N–H and O–H groups in total. The Hall–Kier alpha value is -0.865. The molecule has 12 heavy (non-hydrogen) atoms. The molecule has 3 nitrogen and oxygen atoms in total. The van der Waals surface area contributed by atoms with Crippen molar-refractivity contribution in [1.29, 1.82) is 0 Å². The highest BCUT2D eigenvalue weighted by Crippen LogP contribution is 2.38. The van der Waals surface area contributed by atoms with Crippen molar-refractivity contribution in [3.8, 4) is 0 Å². The molecule has 1 heterocycles. The maximum absolute atomic E-state index is 8.84. The van der Waals surface area contributed by atoms with Crippen LogP contribution in [0.5, 0.6) is 0 Å². The predicted octanol–water partition coefficient (Wildman–Crippen LogP) is -0.361. The maximum atomic E-state index is 8.84. The van der Waals surface area contributed by atoms with Crippen molar-refractivity contribution in [1.82, 2.24) is 4.98 Å². The second-order valence-corrected chi connectivity index (χ2v) is 3.14. The van der Waals surface area contributed by atoms with Gasteiger partial charge in [-0.1, -0.05) is 6.07 Å². The van der Waals surface area contributed by atoms with Crippen molar-refractivity contribution in [2.24, 2.45) is 0 Å². The first-order valence-corrected chi connectivity index (χ1v) is 4.10. The fourth-order valence-corrected chi connectivity index (χ4v) is 1.22. The number of hydrogen-bond donors (Lipinski definition) is 2. The zero-order chi connectivity index (χ0) is 8.55. The summed E-state index contributed by atoms with van der Waals surface area (Å²) in [6.45, 7) is 0. The molecule has 0 atom stereocenters. The van der Waals surface area contributed by atoms with Crippen LogP contribution in [0.3, 0.4) is 0 Å². The molecule has 0 bridgehead atoms. The van der Waals surface area contributed by atoms with Crippen LogP contribution < -0.4 is 5.59 Å². The molecule has 1 saturated carbocycles. The lowest BCUT2D eigenvalue weighted by Gasteiger charge is -2.00. The molecular formula is C8H10BNO2. The summed E-state index contributed by atoms with van der Waals surface area (Å²) in [6, 6.07) is 5.37. The van der Waals surface area contributed by atoms with Crippen molar-refractivity contribution in [3.63, 3.8) is 0 Å². The van der Waals surface area contributed by atoms with Gasteiger partial charge in [-0.25, -0.2) is 0 Å². The lowest BCUT2D eigenvalue weighted by molar-refractivity contribution is 0.424. The van der Waals surface area contributed by atoms with Gasteiger partial charge in [0, 0.05) is 11.6 Å².